The maximum Gasteiger partial charge on any atom is 0.229 e. The molecule has 2 aromatic carbocycles. The first-order valence-electron chi connectivity index (χ1n) is 11.1. The first kappa shape index (κ1) is 24.9. The van der Waals surface area contributed by atoms with Gasteiger partial charge in [0, 0.05) is 38.2 Å². The van der Waals surface area contributed by atoms with Crippen molar-refractivity contribution in [2.45, 2.75) is 19.3 Å². The highest BCUT2D eigenvalue weighted by molar-refractivity contribution is 7.92. The van der Waals surface area contributed by atoms with E-state index in [0.29, 0.717) is 17.7 Å². The van der Waals surface area contributed by atoms with Crippen molar-refractivity contribution in [3.8, 4) is 11.5 Å². The Morgan fingerprint density at radius 2 is 1.67 bits per heavy atom. The molecule has 0 aliphatic carbocycles. The van der Waals surface area contributed by atoms with Gasteiger partial charge < -0.3 is 14.4 Å². The van der Waals surface area contributed by atoms with Gasteiger partial charge in [0.05, 0.1) is 31.9 Å². The fourth-order valence-electron chi connectivity index (χ4n) is 4.03. The van der Waals surface area contributed by atoms with E-state index in [1.807, 2.05) is 18.2 Å². The lowest BCUT2D eigenvalue weighted by atomic mass is 10.0. The van der Waals surface area contributed by atoms with Gasteiger partial charge in [-0.3, -0.25) is 14.4 Å². The van der Waals surface area contributed by atoms with Gasteiger partial charge in [-0.1, -0.05) is 12.1 Å². The van der Waals surface area contributed by atoms with Crippen molar-refractivity contribution >= 4 is 27.2 Å². The van der Waals surface area contributed by atoms with Crippen LogP contribution < -0.4 is 19.1 Å². The first-order valence-corrected chi connectivity index (χ1v) is 13.0. The molecule has 0 unspecified atom stereocenters. The Labute approximate surface area is 196 Å². The molecular weight excluding hydrogens is 442 g/mol. The second-order valence-corrected chi connectivity index (χ2v) is 9.92. The maximum absolute atomic E-state index is 12.6. The average molecular weight is 476 g/mol. The number of rotatable bonds is 11. The van der Waals surface area contributed by atoms with Gasteiger partial charge in [-0.15, -0.1) is 0 Å². The summed E-state index contributed by atoms with van der Waals surface area (Å²) < 4.78 is 36.2. The number of nitrogens with zero attached hydrogens (tertiary/aromatic N) is 2. The average Bonchev–Trinajstić information content (AvgIpc) is 2.81. The van der Waals surface area contributed by atoms with Crippen molar-refractivity contribution in [3.05, 3.63) is 48.0 Å². The van der Waals surface area contributed by atoms with E-state index in [1.165, 1.54) is 7.11 Å². The molecule has 0 spiro atoms. The van der Waals surface area contributed by atoms with Crippen LogP contribution >= 0.6 is 0 Å². The number of ether oxygens (including phenoxy) is 2. The van der Waals surface area contributed by atoms with Crippen LogP contribution in [0.3, 0.4) is 0 Å². The molecule has 2 aromatic rings. The number of carbonyl (C=O) groups excluding carboxylic acids is 1. The first-order chi connectivity index (χ1) is 15.8. The molecule has 0 aromatic heterocycles. The van der Waals surface area contributed by atoms with Gasteiger partial charge in [-0.05, 0) is 49.7 Å². The molecule has 0 amide bonds. The Hall–Kier alpha value is -2.78. The largest absolute Gasteiger partial charge is 0.495 e. The summed E-state index contributed by atoms with van der Waals surface area (Å²) in [6.45, 7) is 4.80. The van der Waals surface area contributed by atoms with E-state index in [9.17, 15) is 13.2 Å². The molecule has 1 heterocycles. The lowest BCUT2D eigenvalue weighted by Crippen LogP contribution is -2.46. The molecule has 3 rings (SSSR count). The number of carbonyl (C=O) groups is 1. The maximum atomic E-state index is 12.6. The lowest BCUT2D eigenvalue weighted by Gasteiger charge is -2.36. The summed E-state index contributed by atoms with van der Waals surface area (Å²) in [4.78, 5) is 17.4. The number of benzene rings is 2. The van der Waals surface area contributed by atoms with Crippen molar-refractivity contribution in [3.63, 3.8) is 0 Å². The molecule has 33 heavy (non-hydrogen) atoms. The van der Waals surface area contributed by atoms with Crippen LogP contribution in [-0.4, -0.2) is 72.3 Å². The van der Waals surface area contributed by atoms with E-state index in [0.717, 1.165) is 63.3 Å². The van der Waals surface area contributed by atoms with Crippen molar-refractivity contribution in [1.29, 1.82) is 0 Å². The van der Waals surface area contributed by atoms with Gasteiger partial charge in [-0.2, -0.15) is 0 Å². The molecule has 8 nitrogen and oxygen atoms in total. The zero-order valence-corrected chi connectivity index (χ0v) is 20.4. The number of para-hydroxylation sites is 2. The molecule has 1 fully saturated rings. The van der Waals surface area contributed by atoms with Gasteiger partial charge in [0.1, 0.15) is 11.5 Å². The molecular formula is C24H33N3O5S. The minimum Gasteiger partial charge on any atom is -0.495 e. The van der Waals surface area contributed by atoms with Crippen molar-refractivity contribution < 1.29 is 22.7 Å². The fourth-order valence-corrected chi connectivity index (χ4v) is 4.59. The highest BCUT2D eigenvalue weighted by atomic mass is 32.2. The third-order valence-electron chi connectivity index (χ3n) is 5.74. The summed E-state index contributed by atoms with van der Waals surface area (Å²) in [5.74, 6) is 1.28. The van der Waals surface area contributed by atoms with E-state index < -0.39 is 10.0 Å². The number of ketones is 1. The molecule has 180 valence electrons. The normalized spacial score (nSPS) is 14.7. The molecule has 1 N–H and O–H groups in total. The van der Waals surface area contributed by atoms with Crippen LogP contribution in [0.4, 0.5) is 11.4 Å². The molecule has 1 saturated heterocycles. The monoisotopic (exact) mass is 475 g/mol. The number of anilines is 2. The Morgan fingerprint density at radius 1 is 0.970 bits per heavy atom. The third-order valence-corrected chi connectivity index (χ3v) is 6.33. The van der Waals surface area contributed by atoms with Crippen LogP contribution in [0.25, 0.3) is 0 Å². The van der Waals surface area contributed by atoms with Crippen LogP contribution in [0.2, 0.25) is 0 Å². The summed E-state index contributed by atoms with van der Waals surface area (Å²) in [5.41, 5.74) is 1.89. The van der Waals surface area contributed by atoms with E-state index in [1.54, 1.807) is 25.3 Å². The van der Waals surface area contributed by atoms with E-state index in [-0.39, 0.29) is 11.5 Å². The fraction of sp³-hybridized carbons (Fsp3) is 0.458. The summed E-state index contributed by atoms with van der Waals surface area (Å²) in [6, 6.07) is 12.9. The summed E-state index contributed by atoms with van der Waals surface area (Å²) >= 11 is 0. The van der Waals surface area contributed by atoms with Crippen LogP contribution in [0.15, 0.2) is 42.5 Å². The summed E-state index contributed by atoms with van der Waals surface area (Å²) in [5, 5.41) is 0. The Bertz CT molecular complexity index is 1050. The third kappa shape index (κ3) is 7.10. The van der Waals surface area contributed by atoms with E-state index in [2.05, 4.69) is 20.6 Å². The molecule has 9 heteroatoms. The van der Waals surface area contributed by atoms with Gasteiger partial charge >= 0.3 is 0 Å². The number of hydrogen-bond acceptors (Lipinski definition) is 7. The second kappa shape index (κ2) is 11.4. The summed E-state index contributed by atoms with van der Waals surface area (Å²) in [7, 11) is -0.310. The van der Waals surface area contributed by atoms with Gasteiger partial charge in [0.15, 0.2) is 5.78 Å². The highest BCUT2D eigenvalue weighted by Gasteiger charge is 2.19. The number of piperazine rings is 1. The smallest absolute Gasteiger partial charge is 0.229 e. The number of hydrogen-bond donors (Lipinski definition) is 1. The zero-order chi connectivity index (χ0) is 23.8. The molecule has 0 atom stereocenters. The van der Waals surface area contributed by atoms with Crippen molar-refractivity contribution in [2.24, 2.45) is 0 Å². The van der Waals surface area contributed by atoms with Crippen LogP contribution in [0, 0.1) is 0 Å². The van der Waals surface area contributed by atoms with Crippen molar-refractivity contribution in [2.75, 3.05) is 62.8 Å². The van der Waals surface area contributed by atoms with Gasteiger partial charge in [0.25, 0.3) is 0 Å². The number of methoxy groups -OCH3 is 2. The molecule has 1 aliphatic heterocycles. The van der Waals surface area contributed by atoms with E-state index in [4.69, 9.17) is 9.47 Å². The standard InChI is InChI=1S/C24H33N3O5S/c1-31-23-12-11-19(18-20(23)25-33(3,29)30)22(28)9-6-7-13-26-14-16-27(17-15-26)21-8-4-5-10-24(21)32-2/h4-5,8,10-12,18,25H,6-7,9,13-17H2,1-3H3. The highest BCUT2D eigenvalue weighted by Crippen LogP contribution is 2.29. The molecule has 0 radical (unpaired) electrons. The zero-order valence-electron chi connectivity index (χ0n) is 19.5. The number of sulfonamides is 1. The number of Topliss-reactive ketones (excluding diaryl/α,β-unsaturated/α-hetero) is 1. The lowest BCUT2D eigenvalue weighted by molar-refractivity contribution is 0.0977. The van der Waals surface area contributed by atoms with Gasteiger partial charge in [0.2, 0.25) is 10.0 Å². The van der Waals surface area contributed by atoms with Crippen LogP contribution in [0.5, 0.6) is 11.5 Å². The minimum absolute atomic E-state index is 0.00445. The van der Waals surface area contributed by atoms with Crippen molar-refractivity contribution in [1.82, 2.24) is 4.90 Å². The molecule has 0 saturated carbocycles. The number of unbranched alkanes of at least 4 members (excludes halogenated alkanes) is 1. The Balaban J connectivity index is 1.44. The number of nitrogens with one attached hydrogen (secondary N) is 1. The topological polar surface area (TPSA) is 88.2 Å². The Morgan fingerprint density at radius 3 is 2.33 bits per heavy atom. The van der Waals surface area contributed by atoms with Crippen LogP contribution in [-0.2, 0) is 10.0 Å². The SMILES string of the molecule is COc1ccc(C(=O)CCCCN2CCN(c3ccccc3OC)CC2)cc1NS(C)(=O)=O. The predicted octanol–water partition coefficient (Wildman–Crippen LogP) is 3.25. The minimum atomic E-state index is -3.47. The predicted molar refractivity (Wildman–Crippen MR) is 131 cm³/mol. The van der Waals surface area contributed by atoms with Crippen LogP contribution in [0.1, 0.15) is 29.6 Å². The summed E-state index contributed by atoms with van der Waals surface area (Å²) in [6.07, 6.45) is 3.21. The van der Waals surface area contributed by atoms with E-state index >= 15 is 0 Å². The quantitative estimate of drug-likeness (QED) is 0.394. The molecule has 1 aliphatic rings. The molecule has 0 bridgehead atoms. The second-order valence-electron chi connectivity index (χ2n) is 8.17. The Kier molecular flexibility index (Phi) is 8.57. The van der Waals surface area contributed by atoms with Gasteiger partial charge in [-0.25, -0.2) is 8.42 Å².